The van der Waals surface area contributed by atoms with Crippen LogP contribution in [-0.4, -0.2) is 0 Å². The van der Waals surface area contributed by atoms with Gasteiger partial charge in [0.1, 0.15) is 0 Å². The molecular formula is C11H16BrN. The largest absolute Gasteiger partial charge is 0.324 e. The van der Waals surface area contributed by atoms with E-state index in [1.54, 1.807) is 0 Å². The molecule has 0 spiro atoms. The van der Waals surface area contributed by atoms with Gasteiger partial charge in [-0.25, -0.2) is 0 Å². The molecule has 2 heteroatoms. The Morgan fingerprint density at radius 1 is 1.46 bits per heavy atom. The van der Waals surface area contributed by atoms with Crippen LogP contribution in [0.25, 0.3) is 0 Å². The van der Waals surface area contributed by atoms with Crippen LogP contribution in [0.5, 0.6) is 0 Å². The van der Waals surface area contributed by atoms with Gasteiger partial charge in [0.05, 0.1) is 0 Å². The number of rotatable bonds is 3. The summed E-state index contributed by atoms with van der Waals surface area (Å²) in [5.41, 5.74) is 7.31. The number of nitrogens with two attached hydrogens (primary N) is 1. The quantitative estimate of drug-likeness (QED) is 0.862. The van der Waals surface area contributed by atoms with Gasteiger partial charge in [-0.1, -0.05) is 48.3 Å². The van der Waals surface area contributed by atoms with Gasteiger partial charge >= 0.3 is 0 Å². The van der Waals surface area contributed by atoms with Crippen molar-refractivity contribution in [3.63, 3.8) is 0 Å². The van der Waals surface area contributed by atoms with E-state index in [4.69, 9.17) is 5.73 Å². The van der Waals surface area contributed by atoms with E-state index in [0.29, 0.717) is 5.92 Å². The molecule has 0 radical (unpaired) electrons. The summed E-state index contributed by atoms with van der Waals surface area (Å²) in [6.07, 6.45) is 1.12. The summed E-state index contributed by atoms with van der Waals surface area (Å²) in [4.78, 5) is 0. The minimum atomic E-state index is 0.155. The third kappa shape index (κ3) is 2.82. The molecule has 13 heavy (non-hydrogen) atoms. The number of hydrogen-bond donors (Lipinski definition) is 1. The maximum Gasteiger partial charge on any atom is 0.0321 e. The molecule has 0 bridgehead atoms. The van der Waals surface area contributed by atoms with Gasteiger partial charge in [-0.15, -0.1) is 0 Å². The zero-order chi connectivity index (χ0) is 9.84. The summed E-state index contributed by atoms with van der Waals surface area (Å²) in [6.45, 7) is 4.36. The minimum Gasteiger partial charge on any atom is -0.324 e. The van der Waals surface area contributed by atoms with Crippen LogP contribution in [0, 0.1) is 5.92 Å². The molecule has 72 valence electrons. The van der Waals surface area contributed by atoms with Crippen molar-refractivity contribution in [1.29, 1.82) is 0 Å². The first kappa shape index (κ1) is 10.7. The van der Waals surface area contributed by atoms with Gasteiger partial charge in [0, 0.05) is 10.5 Å². The Kier molecular flexibility index (Phi) is 3.94. The van der Waals surface area contributed by atoms with E-state index < -0.39 is 0 Å². The van der Waals surface area contributed by atoms with Crippen LogP contribution in [0.15, 0.2) is 28.7 Å². The first-order valence-corrected chi connectivity index (χ1v) is 5.45. The second-order valence-electron chi connectivity index (χ2n) is 3.47. The van der Waals surface area contributed by atoms with Gasteiger partial charge in [-0.2, -0.15) is 0 Å². The highest BCUT2D eigenvalue weighted by atomic mass is 79.9. The van der Waals surface area contributed by atoms with E-state index in [1.807, 2.05) is 12.1 Å². The maximum absolute atomic E-state index is 6.10. The lowest BCUT2D eigenvalue weighted by atomic mass is 9.93. The maximum atomic E-state index is 6.10. The third-order valence-electron chi connectivity index (χ3n) is 2.49. The molecular weight excluding hydrogens is 226 g/mol. The molecule has 0 amide bonds. The van der Waals surface area contributed by atoms with E-state index in [2.05, 4.69) is 41.9 Å². The lowest BCUT2D eigenvalue weighted by Gasteiger charge is -2.18. The number of hydrogen-bond acceptors (Lipinski definition) is 1. The van der Waals surface area contributed by atoms with Crippen LogP contribution < -0.4 is 5.73 Å². The Hall–Kier alpha value is -0.340. The Bertz CT molecular complexity index is 273. The Balaban J connectivity index is 2.82. The molecule has 2 atom stereocenters. The molecule has 0 aliphatic carbocycles. The smallest absolute Gasteiger partial charge is 0.0321 e. The topological polar surface area (TPSA) is 26.0 Å². The van der Waals surface area contributed by atoms with Crippen molar-refractivity contribution in [1.82, 2.24) is 0 Å². The van der Waals surface area contributed by atoms with Gasteiger partial charge in [-0.3, -0.25) is 0 Å². The van der Waals surface area contributed by atoms with Crippen LogP contribution in [0.1, 0.15) is 31.9 Å². The molecule has 1 nitrogen and oxygen atoms in total. The summed E-state index contributed by atoms with van der Waals surface area (Å²) in [5, 5.41) is 0. The highest BCUT2D eigenvalue weighted by molar-refractivity contribution is 9.10. The zero-order valence-corrected chi connectivity index (χ0v) is 9.71. The van der Waals surface area contributed by atoms with Gasteiger partial charge < -0.3 is 5.73 Å². The Morgan fingerprint density at radius 2 is 2.15 bits per heavy atom. The molecule has 0 saturated carbocycles. The Labute approximate surface area is 88.5 Å². The van der Waals surface area contributed by atoms with Crippen molar-refractivity contribution in [2.45, 2.75) is 26.3 Å². The van der Waals surface area contributed by atoms with E-state index in [0.717, 1.165) is 10.9 Å². The van der Waals surface area contributed by atoms with Crippen molar-refractivity contribution < 1.29 is 0 Å². The molecule has 0 aliphatic heterocycles. The lowest BCUT2D eigenvalue weighted by molar-refractivity contribution is 0.457. The standard InChI is InChI=1S/C11H16BrN/c1-3-8(2)11(13)9-5-4-6-10(12)7-9/h4-8,11H,3,13H2,1-2H3/t8?,11-/m0/s1. The van der Waals surface area contributed by atoms with E-state index in [9.17, 15) is 0 Å². The third-order valence-corrected chi connectivity index (χ3v) is 2.98. The monoisotopic (exact) mass is 241 g/mol. The number of halogens is 1. The summed E-state index contributed by atoms with van der Waals surface area (Å²) in [5.74, 6) is 0.536. The second-order valence-corrected chi connectivity index (χ2v) is 4.38. The molecule has 0 fully saturated rings. The zero-order valence-electron chi connectivity index (χ0n) is 8.13. The SMILES string of the molecule is CCC(C)[C@H](N)c1cccc(Br)c1. The summed E-state index contributed by atoms with van der Waals surface area (Å²) < 4.78 is 1.10. The fourth-order valence-electron chi connectivity index (χ4n) is 1.30. The van der Waals surface area contributed by atoms with Gasteiger partial charge in [0.15, 0.2) is 0 Å². The van der Waals surface area contributed by atoms with Crippen LogP contribution in [0.3, 0.4) is 0 Å². The van der Waals surface area contributed by atoms with Crippen LogP contribution in [-0.2, 0) is 0 Å². The first-order valence-electron chi connectivity index (χ1n) is 4.66. The normalized spacial score (nSPS) is 15.4. The van der Waals surface area contributed by atoms with Gasteiger partial charge in [0.25, 0.3) is 0 Å². The molecule has 1 unspecified atom stereocenters. The average molecular weight is 242 g/mol. The average Bonchev–Trinajstić information content (AvgIpc) is 2.15. The molecule has 1 aromatic carbocycles. The lowest BCUT2D eigenvalue weighted by Crippen LogP contribution is -2.18. The number of benzene rings is 1. The van der Waals surface area contributed by atoms with Crippen molar-refractivity contribution in [3.05, 3.63) is 34.3 Å². The van der Waals surface area contributed by atoms with Crippen molar-refractivity contribution in [2.75, 3.05) is 0 Å². The van der Waals surface area contributed by atoms with Crippen molar-refractivity contribution in [2.24, 2.45) is 11.7 Å². The minimum absolute atomic E-state index is 0.155. The molecule has 0 aromatic heterocycles. The fourth-order valence-corrected chi connectivity index (χ4v) is 1.71. The van der Waals surface area contributed by atoms with Crippen LogP contribution in [0.2, 0.25) is 0 Å². The molecule has 0 saturated heterocycles. The van der Waals surface area contributed by atoms with Gasteiger partial charge in [-0.05, 0) is 23.6 Å². The van der Waals surface area contributed by atoms with Crippen molar-refractivity contribution in [3.8, 4) is 0 Å². The molecule has 0 aliphatic rings. The second kappa shape index (κ2) is 4.77. The summed E-state index contributed by atoms with van der Waals surface area (Å²) >= 11 is 3.45. The molecule has 1 rings (SSSR count). The Morgan fingerprint density at radius 3 is 2.69 bits per heavy atom. The summed E-state index contributed by atoms with van der Waals surface area (Å²) in [7, 11) is 0. The highest BCUT2D eigenvalue weighted by Gasteiger charge is 2.12. The van der Waals surface area contributed by atoms with E-state index in [-0.39, 0.29) is 6.04 Å². The molecule has 0 heterocycles. The van der Waals surface area contributed by atoms with E-state index in [1.165, 1.54) is 5.56 Å². The predicted octanol–water partition coefficient (Wildman–Crippen LogP) is 3.50. The first-order chi connectivity index (χ1) is 6.15. The molecule has 1 aromatic rings. The fraction of sp³-hybridized carbons (Fsp3) is 0.455. The molecule has 2 N–H and O–H groups in total. The van der Waals surface area contributed by atoms with Crippen LogP contribution >= 0.6 is 15.9 Å². The van der Waals surface area contributed by atoms with E-state index >= 15 is 0 Å². The van der Waals surface area contributed by atoms with Crippen molar-refractivity contribution >= 4 is 15.9 Å². The van der Waals surface area contributed by atoms with Gasteiger partial charge in [0.2, 0.25) is 0 Å². The van der Waals surface area contributed by atoms with Crippen LogP contribution in [0.4, 0.5) is 0 Å². The highest BCUT2D eigenvalue weighted by Crippen LogP contribution is 2.23. The summed E-state index contributed by atoms with van der Waals surface area (Å²) in [6, 6.07) is 8.38. The predicted molar refractivity (Wildman–Crippen MR) is 60.5 cm³/mol.